The second-order valence-electron chi connectivity index (χ2n) is 34.2. The number of ether oxygens (including phenoxy) is 8. The van der Waals surface area contributed by atoms with Crippen molar-refractivity contribution in [1.29, 1.82) is 0 Å². The number of phosphoric acid groups is 1. The van der Waals surface area contributed by atoms with Crippen LogP contribution in [0, 0.1) is 0 Å². The van der Waals surface area contributed by atoms with Crippen LogP contribution in [0.5, 0.6) is 0 Å². The summed E-state index contributed by atoms with van der Waals surface area (Å²) in [7, 11) is -5.81. The maximum Gasteiger partial charge on any atom is 0.472 e. The van der Waals surface area contributed by atoms with Crippen molar-refractivity contribution >= 4 is 31.7 Å². The summed E-state index contributed by atoms with van der Waals surface area (Å²) in [5, 5.41) is 102. The smallest absolute Gasteiger partial charge is 0.463 e. The lowest BCUT2D eigenvalue weighted by Crippen LogP contribution is -2.70. The van der Waals surface area contributed by atoms with Gasteiger partial charge in [0.1, 0.15) is 92.6 Å². The van der Waals surface area contributed by atoms with Crippen molar-refractivity contribution in [3.63, 3.8) is 0 Å². The minimum Gasteiger partial charge on any atom is -0.463 e. The highest BCUT2D eigenvalue weighted by molar-refractivity contribution is 7.47. The third-order valence-corrected chi connectivity index (χ3v) is 24.5. The first-order valence-corrected chi connectivity index (χ1v) is 49.4. The molecule has 2 saturated heterocycles. The van der Waals surface area contributed by atoms with Crippen LogP contribution in [-0.2, 0) is 70.7 Å². The van der Waals surface area contributed by atoms with Crippen LogP contribution in [-0.4, -0.2) is 205 Å². The summed E-state index contributed by atoms with van der Waals surface area (Å²) in [6, 6.07) is 0. The summed E-state index contributed by atoms with van der Waals surface area (Å²) in [6.07, 6.45) is 30.5. The van der Waals surface area contributed by atoms with E-state index in [2.05, 4.69) is 39.8 Å². The highest BCUT2D eigenvalue weighted by atomic mass is 31.2. The van der Waals surface area contributed by atoms with Crippen molar-refractivity contribution < 1.29 is 122 Å². The Labute approximate surface area is 712 Å². The minimum atomic E-state index is -5.81. The van der Waals surface area contributed by atoms with Crippen LogP contribution in [0.15, 0.2) is 12.2 Å². The predicted octanol–water partition coefficient (Wildman–Crippen LogP) is 17.9. The van der Waals surface area contributed by atoms with E-state index >= 15 is 0 Å². The number of phosphoric ester groups is 1. The zero-order valence-corrected chi connectivity index (χ0v) is 74.9. The number of allylic oxidation sites excluding steroid dienone is 2. The largest absolute Gasteiger partial charge is 0.472 e. The Balaban J connectivity index is 1.91. The molecule has 0 amide bonds. The fourth-order valence-electron chi connectivity index (χ4n) is 15.9. The van der Waals surface area contributed by atoms with Crippen molar-refractivity contribution in [2.75, 3.05) is 26.4 Å². The van der Waals surface area contributed by atoms with Crippen molar-refractivity contribution in [3.8, 4) is 0 Å². The van der Waals surface area contributed by atoms with E-state index in [-0.39, 0.29) is 25.7 Å². The van der Waals surface area contributed by atoms with Crippen LogP contribution in [0.25, 0.3) is 0 Å². The maximum absolute atomic E-state index is 14.9. The number of rotatable bonds is 78. The zero-order chi connectivity index (χ0) is 86.1. The summed E-state index contributed by atoms with van der Waals surface area (Å²) < 4.78 is 73.5. The fourth-order valence-corrected chi connectivity index (χ4v) is 16.9. The molecule has 0 aromatic heterocycles. The Kier molecular flexibility index (Phi) is 66.2. The second-order valence-corrected chi connectivity index (χ2v) is 35.6. The first kappa shape index (κ1) is 109. The predicted molar refractivity (Wildman–Crippen MR) is 458 cm³/mol. The van der Waals surface area contributed by atoms with Crippen LogP contribution in [0.1, 0.15) is 419 Å². The lowest BCUT2D eigenvalue weighted by Gasteiger charge is -2.50. The molecular formula is C92H171O25P. The van der Waals surface area contributed by atoms with Crippen molar-refractivity contribution in [2.24, 2.45) is 0 Å². The summed E-state index contributed by atoms with van der Waals surface area (Å²) >= 11 is 0. The number of hydrogen-bond acceptors (Lipinski definition) is 24. The molecule has 25 nitrogen and oxygen atoms in total. The highest BCUT2D eigenvalue weighted by Crippen LogP contribution is 2.49. The molecule has 26 heteroatoms. The molecule has 10 N–H and O–H groups in total. The second kappa shape index (κ2) is 71.4. The highest BCUT2D eigenvalue weighted by Gasteiger charge is 2.60. The topological polar surface area (TPSA) is 380 Å². The molecule has 0 aromatic carbocycles. The summed E-state index contributed by atoms with van der Waals surface area (Å²) in [5.41, 5.74) is 0. The number of carbonyl (C=O) groups excluding carboxylic acids is 4. The Morgan fingerprint density at radius 1 is 0.331 bits per heavy atom. The minimum absolute atomic E-state index is 0.0168. The van der Waals surface area contributed by atoms with Gasteiger partial charge >= 0.3 is 31.7 Å². The normalized spacial score (nSPS) is 24.9. The average Bonchev–Trinajstić information content (AvgIpc) is 0.754. The number of unbranched alkanes of at least 4 members (excludes halogenated alkanes) is 52. The number of esters is 4. The number of aliphatic hydroxyl groups excluding tert-OH is 9. The fraction of sp³-hybridized carbons (Fsp3) is 0.935. The summed E-state index contributed by atoms with van der Waals surface area (Å²) in [6.45, 7) is 5.61. The number of carbonyl (C=O) groups is 4. The molecule has 2 aliphatic heterocycles. The third kappa shape index (κ3) is 51.0. The van der Waals surface area contributed by atoms with Gasteiger partial charge < -0.3 is 88.7 Å². The lowest BCUT2D eigenvalue weighted by atomic mass is 9.84. The lowest BCUT2D eigenvalue weighted by molar-refractivity contribution is -0.360. The Morgan fingerprint density at radius 2 is 0.636 bits per heavy atom. The number of aliphatic hydroxyl groups is 9. The van der Waals surface area contributed by atoms with Crippen LogP contribution >= 0.6 is 7.82 Å². The van der Waals surface area contributed by atoms with Gasteiger partial charge in [-0.2, -0.15) is 0 Å². The van der Waals surface area contributed by atoms with E-state index in [1.165, 1.54) is 205 Å². The monoisotopic (exact) mass is 1710 g/mol. The molecule has 118 heavy (non-hydrogen) atoms. The van der Waals surface area contributed by atoms with Crippen molar-refractivity contribution in [1.82, 2.24) is 0 Å². The Hall–Kier alpha value is -2.79. The van der Waals surface area contributed by atoms with Gasteiger partial charge in [-0.05, 0) is 51.4 Å². The third-order valence-electron chi connectivity index (χ3n) is 23.5. The van der Waals surface area contributed by atoms with E-state index in [1.54, 1.807) is 0 Å². The molecule has 694 valence electrons. The molecule has 0 radical (unpaired) electrons. The van der Waals surface area contributed by atoms with E-state index in [4.69, 9.17) is 46.9 Å². The van der Waals surface area contributed by atoms with E-state index in [9.17, 15) is 74.6 Å². The summed E-state index contributed by atoms with van der Waals surface area (Å²) in [4.78, 5) is 66.5. The van der Waals surface area contributed by atoms with E-state index in [0.717, 1.165) is 128 Å². The molecule has 0 spiro atoms. The van der Waals surface area contributed by atoms with Crippen LogP contribution in [0.4, 0.5) is 0 Å². The Bertz CT molecular complexity index is 2500. The van der Waals surface area contributed by atoms with Crippen LogP contribution in [0.2, 0.25) is 0 Å². The van der Waals surface area contributed by atoms with Crippen molar-refractivity contribution in [3.05, 3.63) is 12.2 Å². The molecule has 0 bridgehead atoms. The summed E-state index contributed by atoms with van der Waals surface area (Å²) in [5.74, 6) is -2.97. The molecule has 3 aliphatic rings. The molecule has 3 rings (SSSR count). The van der Waals surface area contributed by atoms with Gasteiger partial charge in [-0.3, -0.25) is 28.2 Å². The van der Waals surface area contributed by atoms with Gasteiger partial charge in [-0.1, -0.05) is 354 Å². The van der Waals surface area contributed by atoms with E-state index in [0.29, 0.717) is 32.1 Å². The molecule has 2 heterocycles. The maximum atomic E-state index is 14.9. The molecule has 1 aliphatic carbocycles. The first-order valence-electron chi connectivity index (χ1n) is 47.9. The quantitative estimate of drug-likeness (QED) is 0.00889. The van der Waals surface area contributed by atoms with Gasteiger partial charge in [0, 0.05) is 25.7 Å². The molecule has 3 fully saturated rings. The molecule has 18 unspecified atom stereocenters. The van der Waals surface area contributed by atoms with Crippen molar-refractivity contribution in [2.45, 2.75) is 524 Å². The van der Waals surface area contributed by atoms with E-state index < -0.39 is 162 Å². The molecule has 18 atom stereocenters. The van der Waals surface area contributed by atoms with E-state index in [1.807, 2.05) is 0 Å². The first-order chi connectivity index (χ1) is 57.2. The van der Waals surface area contributed by atoms with Gasteiger partial charge in [-0.15, -0.1) is 0 Å². The standard InChI is InChI=1S/C92H171O25P/c1-5-9-13-17-21-25-29-33-36-39-41-45-49-53-57-61-65-76(95)109-71-74-80(99)82(101)86(105)92(113-74)116-89-87(114-78(97)67-63-59-55-51-47-43-38-35-31-27-23-19-15-11-7-3)83(102)84(103)88(115-91-85(104)81(100)79(98)73(68-93)112-91)90(89)117-118(106,107)110-70-72(69-108-75(94)64-60-56-52-48-44-40-32-28-24-20-16-12-8-4)111-77(96)66-62-58-54-50-46-42-37-34-30-26-22-18-14-10-6-2/h40,44,72-74,79-93,98-105H,5-39,41-43,45-71H2,1-4H3,(H,106,107)/b44-40-. The van der Waals surface area contributed by atoms with Gasteiger partial charge in [0.2, 0.25) is 0 Å². The van der Waals surface area contributed by atoms with Gasteiger partial charge in [0.25, 0.3) is 0 Å². The molecule has 0 aromatic rings. The van der Waals surface area contributed by atoms with Gasteiger partial charge in [-0.25, -0.2) is 4.57 Å². The van der Waals surface area contributed by atoms with Crippen LogP contribution < -0.4 is 0 Å². The zero-order valence-electron chi connectivity index (χ0n) is 74.0. The number of hydrogen-bond donors (Lipinski definition) is 10. The van der Waals surface area contributed by atoms with Gasteiger partial charge in [0.05, 0.1) is 13.2 Å². The SMILES string of the molecule is CCCCCCCC/C=C\CCCCCC(=O)OCC(COP(=O)(O)OC1C(OC2OC(CO)C(O)C(O)C2O)C(O)C(O)C(OC(=O)CCCCCCCCCCCCCCCCC)C1OC1OC(COC(=O)CCCCCCCCCCCCCCCCCC)C(O)C(O)C1O)OC(=O)CCCCCCCCCCCCCCCCC. The molecular weight excluding hydrogens is 1540 g/mol. The average molecular weight is 1710 g/mol. The van der Waals surface area contributed by atoms with Gasteiger partial charge in [0.15, 0.2) is 24.8 Å². The van der Waals surface area contributed by atoms with Crippen LogP contribution in [0.3, 0.4) is 0 Å². The molecule has 1 saturated carbocycles. The Morgan fingerprint density at radius 3 is 1.02 bits per heavy atom.